The van der Waals surface area contributed by atoms with Crippen molar-refractivity contribution in [2.45, 2.75) is 19.3 Å². The molecule has 0 heterocycles. The molecule has 0 aromatic heterocycles. The fourth-order valence-electron chi connectivity index (χ4n) is 1.48. The Kier molecular flexibility index (Phi) is 3.91. The second-order valence-corrected chi connectivity index (χ2v) is 4.17. The zero-order valence-electron chi connectivity index (χ0n) is 7.03. The molecule has 0 amide bonds. The van der Waals surface area contributed by atoms with Gasteiger partial charge in [0.1, 0.15) is 0 Å². The van der Waals surface area contributed by atoms with Crippen LogP contribution in [0.4, 0.5) is 0 Å². The van der Waals surface area contributed by atoms with Crippen LogP contribution < -0.4 is 5.73 Å². The molecule has 0 saturated carbocycles. The summed E-state index contributed by atoms with van der Waals surface area (Å²) < 4.78 is 19.1. The molecule has 0 fully saturated rings. The highest BCUT2D eigenvalue weighted by atomic mass is 32.2. The van der Waals surface area contributed by atoms with Crippen molar-refractivity contribution in [3.8, 4) is 0 Å². The minimum atomic E-state index is -1.64. The van der Waals surface area contributed by atoms with Crippen molar-refractivity contribution < 1.29 is 8.76 Å². The largest absolute Gasteiger partial charge is 0.327 e. The van der Waals surface area contributed by atoms with Gasteiger partial charge in [0, 0.05) is 6.54 Å². The van der Waals surface area contributed by atoms with E-state index in [9.17, 15) is 4.21 Å². The average molecular weight is 189 g/mol. The molecule has 3 N–H and O–H groups in total. The second kappa shape index (κ2) is 4.74. The van der Waals surface area contributed by atoms with Crippen molar-refractivity contribution in [1.82, 2.24) is 0 Å². The Morgan fingerprint density at radius 3 is 2.92 bits per heavy atom. The Morgan fingerprint density at radius 2 is 2.50 bits per heavy atom. The summed E-state index contributed by atoms with van der Waals surface area (Å²) >= 11 is -1.64. The maximum Gasteiger partial charge on any atom is 0.153 e. The van der Waals surface area contributed by atoms with Crippen molar-refractivity contribution >= 4 is 11.1 Å². The van der Waals surface area contributed by atoms with Gasteiger partial charge >= 0.3 is 0 Å². The number of nitrogens with two attached hydrogens (primary N) is 1. The lowest BCUT2D eigenvalue weighted by Gasteiger charge is -2.19. The van der Waals surface area contributed by atoms with Gasteiger partial charge in [-0.15, -0.1) is 0 Å². The molecule has 1 aliphatic rings. The minimum absolute atomic E-state index is 0.381. The molecule has 0 spiro atoms. The monoisotopic (exact) mass is 189 g/mol. The van der Waals surface area contributed by atoms with Crippen LogP contribution in [0.25, 0.3) is 0 Å². The van der Waals surface area contributed by atoms with E-state index >= 15 is 0 Å². The van der Waals surface area contributed by atoms with Gasteiger partial charge in [0.25, 0.3) is 0 Å². The Balaban J connectivity index is 2.35. The zero-order chi connectivity index (χ0) is 8.97. The molecule has 1 rings (SSSR count). The first kappa shape index (κ1) is 9.89. The van der Waals surface area contributed by atoms with E-state index in [1.807, 2.05) is 0 Å². The highest BCUT2D eigenvalue weighted by Gasteiger charge is 2.15. The normalized spacial score (nSPS) is 26.5. The van der Waals surface area contributed by atoms with Crippen molar-refractivity contribution in [2.75, 3.05) is 12.3 Å². The van der Waals surface area contributed by atoms with Crippen LogP contribution in [0, 0.1) is 5.92 Å². The van der Waals surface area contributed by atoms with Gasteiger partial charge in [-0.05, 0) is 25.2 Å². The lowest BCUT2D eigenvalue weighted by atomic mass is 9.91. The number of allylic oxidation sites excluding steroid dienone is 1. The molecule has 0 bridgehead atoms. The highest BCUT2D eigenvalue weighted by Crippen LogP contribution is 2.23. The Hall–Kier alpha value is -0.190. The van der Waals surface area contributed by atoms with Crippen LogP contribution in [0.15, 0.2) is 11.6 Å². The first-order valence-corrected chi connectivity index (χ1v) is 5.45. The summed E-state index contributed by atoms with van der Waals surface area (Å²) in [5, 5.41) is 0. The fraction of sp³-hybridized carbons (Fsp3) is 0.750. The molecule has 12 heavy (non-hydrogen) atoms. The first-order chi connectivity index (χ1) is 5.72. The fourth-order valence-corrected chi connectivity index (χ4v) is 2.19. The smallest absolute Gasteiger partial charge is 0.153 e. The zero-order valence-corrected chi connectivity index (χ0v) is 7.85. The molecule has 4 heteroatoms. The van der Waals surface area contributed by atoms with Crippen LogP contribution in [-0.2, 0) is 11.1 Å². The summed E-state index contributed by atoms with van der Waals surface area (Å²) in [5.41, 5.74) is 6.76. The van der Waals surface area contributed by atoms with Crippen LogP contribution in [-0.4, -0.2) is 21.1 Å². The van der Waals surface area contributed by atoms with Gasteiger partial charge in [0.05, 0.1) is 5.75 Å². The first-order valence-electron chi connectivity index (χ1n) is 4.17. The van der Waals surface area contributed by atoms with Crippen LogP contribution in [0.5, 0.6) is 0 Å². The molecule has 1 aliphatic carbocycles. The predicted molar refractivity (Wildman–Crippen MR) is 50.1 cm³/mol. The summed E-state index contributed by atoms with van der Waals surface area (Å²) in [5.74, 6) is 0.792. The van der Waals surface area contributed by atoms with Crippen LogP contribution >= 0.6 is 0 Å². The molecular formula is C8H15NO2S. The topological polar surface area (TPSA) is 63.3 Å². The standard InChI is InChI=1S/C8H15NO2S/c9-5-7-1-3-8(4-2-7)6-12(10)11/h1,8H,2-6,9H2,(H,10,11). The minimum Gasteiger partial charge on any atom is -0.327 e. The molecule has 70 valence electrons. The molecular weight excluding hydrogens is 174 g/mol. The molecule has 3 nitrogen and oxygen atoms in total. The summed E-state index contributed by atoms with van der Waals surface area (Å²) in [6.07, 6.45) is 5.04. The maximum atomic E-state index is 10.5. The van der Waals surface area contributed by atoms with Gasteiger partial charge in [-0.1, -0.05) is 11.6 Å². The number of hydrogen-bond acceptors (Lipinski definition) is 2. The third-order valence-corrected chi connectivity index (χ3v) is 3.01. The van der Waals surface area contributed by atoms with E-state index in [1.165, 1.54) is 5.57 Å². The van der Waals surface area contributed by atoms with E-state index in [-0.39, 0.29) is 0 Å². The van der Waals surface area contributed by atoms with Gasteiger partial charge < -0.3 is 10.3 Å². The van der Waals surface area contributed by atoms with Crippen molar-refractivity contribution in [3.63, 3.8) is 0 Å². The molecule has 2 unspecified atom stereocenters. The molecule has 0 radical (unpaired) electrons. The van der Waals surface area contributed by atoms with E-state index in [0.29, 0.717) is 18.2 Å². The van der Waals surface area contributed by atoms with Gasteiger partial charge in [-0.2, -0.15) is 0 Å². The van der Waals surface area contributed by atoms with Crippen molar-refractivity contribution in [1.29, 1.82) is 0 Å². The highest BCUT2D eigenvalue weighted by molar-refractivity contribution is 7.79. The third-order valence-electron chi connectivity index (χ3n) is 2.25. The van der Waals surface area contributed by atoms with E-state index in [2.05, 4.69) is 6.08 Å². The molecule has 0 aromatic rings. The maximum absolute atomic E-state index is 10.5. The van der Waals surface area contributed by atoms with Gasteiger partial charge in [0.2, 0.25) is 0 Å². The molecule has 0 aromatic carbocycles. The average Bonchev–Trinajstić information content (AvgIpc) is 2.05. The van der Waals surface area contributed by atoms with E-state index < -0.39 is 11.1 Å². The van der Waals surface area contributed by atoms with Gasteiger partial charge in [0.15, 0.2) is 11.1 Å². The van der Waals surface area contributed by atoms with Gasteiger partial charge in [-0.25, -0.2) is 4.21 Å². The van der Waals surface area contributed by atoms with E-state index in [1.54, 1.807) is 0 Å². The lowest BCUT2D eigenvalue weighted by Crippen LogP contribution is -2.16. The third kappa shape index (κ3) is 3.05. The van der Waals surface area contributed by atoms with E-state index in [0.717, 1.165) is 19.3 Å². The Labute approximate surface area is 75.3 Å². The summed E-state index contributed by atoms with van der Waals surface area (Å²) in [4.78, 5) is 0. The molecule has 0 aliphatic heterocycles. The number of rotatable bonds is 3. The van der Waals surface area contributed by atoms with Crippen molar-refractivity contribution in [2.24, 2.45) is 11.7 Å². The molecule has 0 saturated heterocycles. The SMILES string of the molecule is NCC1=CCC(CS(=O)O)CC1. The van der Waals surface area contributed by atoms with Crippen LogP contribution in [0.2, 0.25) is 0 Å². The van der Waals surface area contributed by atoms with Crippen molar-refractivity contribution in [3.05, 3.63) is 11.6 Å². The lowest BCUT2D eigenvalue weighted by molar-refractivity contribution is 0.490. The summed E-state index contributed by atoms with van der Waals surface area (Å²) in [7, 11) is 0. The Morgan fingerprint density at radius 1 is 1.75 bits per heavy atom. The summed E-state index contributed by atoms with van der Waals surface area (Å²) in [6.45, 7) is 0.634. The Bertz CT molecular complexity index is 203. The molecule has 2 atom stereocenters. The van der Waals surface area contributed by atoms with Crippen LogP contribution in [0.3, 0.4) is 0 Å². The summed E-state index contributed by atoms with van der Waals surface area (Å²) in [6, 6.07) is 0. The predicted octanol–water partition coefficient (Wildman–Crippen LogP) is 0.893. The van der Waals surface area contributed by atoms with Gasteiger partial charge in [-0.3, -0.25) is 0 Å². The quantitative estimate of drug-likeness (QED) is 0.512. The number of hydrogen-bond donors (Lipinski definition) is 2. The van der Waals surface area contributed by atoms with Crippen LogP contribution in [0.1, 0.15) is 19.3 Å². The second-order valence-electron chi connectivity index (χ2n) is 3.20. The van der Waals surface area contributed by atoms with E-state index in [4.69, 9.17) is 10.3 Å².